The molecular formula is C19H19N5O2S. The van der Waals surface area contributed by atoms with E-state index >= 15 is 0 Å². The first-order valence-corrected chi connectivity index (χ1v) is 9.73. The summed E-state index contributed by atoms with van der Waals surface area (Å²) in [6.07, 6.45) is 6.43. The Labute approximate surface area is 158 Å². The molecule has 138 valence electrons. The summed E-state index contributed by atoms with van der Waals surface area (Å²) in [5, 5.41) is 11.8. The normalized spacial score (nSPS) is 12.0. The van der Waals surface area contributed by atoms with Gasteiger partial charge in [-0.15, -0.1) is 5.10 Å². The second-order valence-electron chi connectivity index (χ2n) is 5.87. The fraction of sp³-hybridized carbons (Fsp3) is 0.105. The van der Waals surface area contributed by atoms with Crippen molar-refractivity contribution in [1.82, 2.24) is 19.8 Å². The first-order valence-electron chi connectivity index (χ1n) is 8.25. The molecule has 0 saturated heterocycles. The Bertz CT molecular complexity index is 1040. The lowest BCUT2D eigenvalue weighted by atomic mass is 10.2. The average Bonchev–Trinajstić information content (AvgIpc) is 3.10. The summed E-state index contributed by atoms with van der Waals surface area (Å²) in [6.45, 7) is 2.52. The molecule has 0 atom stereocenters. The van der Waals surface area contributed by atoms with E-state index in [1.54, 1.807) is 35.2 Å². The van der Waals surface area contributed by atoms with E-state index in [9.17, 15) is 8.42 Å². The van der Waals surface area contributed by atoms with Gasteiger partial charge in [0.2, 0.25) is 0 Å². The van der Waals surface area contributed by atoms with E-state index in [4.69, 9.17) is 0 Å². The third-order valence-electron chi connectivity index (χ3n) is 3.68. The van der Waals surface area contributed by atoms with E-state index in [1.165, 1.54) is 18.3 Å². The van der Waals surface area contributed by atoms with Crippen molar-refractivity contribution in [2.45, 2.75) is 18.4 Å². The van der Waals surface area contributed by atoms with Gasteiger partial charge in [0, 0.05) is 6.21 Å². The van der Waals surface area contributed by atoms with E-state index in [0.29, 0.717) is 12.2 Å². The van der Waals surface area contributed by atoms with E-state index < -0.39 is 10.0 Å². The highest BCUT2D eigenvalue weighted by molar-refractivity contribution is 7.89. The smallest absolute Gasteiger partial charge is 0.248 e. The maximum Gasteiger partial charge on any atom is 0.276 e. The lowest BCUT2D eigenvalue weighted by Crippen LogP contribution is -2.17. The monoisotopic (exact) mass is 381 g/mol. The maximum atomic E-state index is 12.1. The molecule has 27 heavy (non-hydrogen) atoms. The minimum atomic E-state index is -3.67. The van der Waals surface area contributed by atoms with Crippen LogP contribution in [0.5, 0.6) is 0 Å². The van der Waals surface area contributed by atoms with Gasteiger partial charge in [-0.05, 0) is 36.8 Å². The first-order chi connectivity index (χ1) is 13.0. The minimum absolute atomic E-state index is 0.165. The Balaban J connectivity index is 1.55. The number of rotatable bonds is 7. The van der Waals surface area contributed by atoms with Crippen molar-refractivity contribution in [2.24, 2.45) is 5.10 Å². The second kappa shape index (κ2) is 8.41. The van der Waals surface area contributed by atoms with E-state index in [-0.39, 0.29) is 4.90 Å². The van der Waals surface area contributed by atoms with Crippen molar-refractivity contribution in [3.63, 3.8) is 0 Å². The van der Waals surface area contributed by atoms with Gasteiger partial charge in [0.15, 0.2) is 0 Å². The van der Waals surface area contributed by atoms with Crippen LogP contribution in [0.4, 0.5) is 0 Å². The van der Waals surface area contributed by atoms with Gasteiger partial charge in [0.05, 0.1) is 17.6 Å². The molecule has 0 aliphatic heterocycles. The fourth-order valence-corrected chi connectivity index (χ4v) is 3.09. The van der Waals surface area contributed by atoms with Gasteiger partial charge < -0.3 is 0 Å². The number of allylic oxidation sites excluding steroid dienone is 1. The molecule has 8 heteroatoms. The number of hydrogen-bond acceptors (Lipinski definition) is 5. The zero-order valence-corrected chi connectivity index (χ0v) is 15.5. The Morgan fingerprint density at radius 2 is 1.85 bits per heavy atom. The van der Waals surface area contributed by atoms with Gasteiger partial charge >= 0.3 is 0 Å². The topological polar surface area (TPSA) is 89.2 Å². The number of hydrazone groups is 1. The van der Waals surface area contributed by atoms with Gasteiger partial charge in [0.25, 0.3) is 10.0 Å². The lowest BCUT2D eigenvalue weighted by molar-refractivity contribution is 0.584. The van der Waals surface area contributed by atoms with Crippen molar-refractivity contribution in [3.8, 4) is 0 Å². The molecule has 0 spiro atoms. The van der Waals surface area contributed by atoms with Crippen LogP contribution in [0.2, 0.25) is 0 Å². The van der Waals surface area contributed by atoms with Crippen LogP contribution in [-0.2, 0) is 16.6 Å². The summed E-state index contributed by atoms with van der Waals surface area (Å²) in [6, 6.07) is 16.5. The molecule has 2 aromatic carbocycles. The van der Waals surface area contributed by atoms with E-state index in [0.717, 1.165) is 11.1 Å². The zero-order chi connectivity index (χ0) is 19.1. The first kappa shape index (κ1) is 18.5. The van der Waals surface area contributed by atoms with Crippen LogP contribution in [-0.4, -0.2) is 29.6 Å². The van der Waals surface area contributed by atoms with E-state index in [2.05, 4.69) is 20.2 Å². The summed E-state index contributed by atoms with van der Waals surface area (Å²) < 4.78 is 25.9. The van der Waals surface area contributed by atoms with Crippen molar-refractivity contribution in [1.29, 1.82) is 0 Å². The average molecular weight is 381 g/mol. The van der Waals surface area contributed by atoms with E-state index in [1.807, 2.05) is 37.3 Å². The summed E-state index contributed by atoms with van der Waals surface area (Å²) in [5.41, 5.74) is 2.77. The second-order valence-corrected chi connectivity index (χ2v) is 7.53. The van der Waals surface area contributed by atoms with Crippen LogP contribution in [0.15, 0.2) is 76.9 Å². The molecule has 0 amide bonds. The van der Waals surface area contributed by atoms with Crippen LogP contribution in [0.25, 0.3) is 6.08 Å². The van der Waals surface area contributed by atoms with Gasteiger partial charge in [-0.3, -0.25) is 0 Å². The summed E-state index contributed by atoms with van der Waals surface area (Å²) in [7, 11) is -3.67. The van der Waals surface area contributed by atoms with Crippen molar-refractivity contribution >= 4 is 22.3 Å². The predicted molar refractivity (Wildman–Crippen MR) is 105 cm³/mol. The Hall–Kier alpha value is -3.26. The van der Waals surface area contributed by atoms with Crippen LogP contribution >= 0.6 is 0 Å². The van der Waals surface area contributed by atoms with Crippen molar-refractivity contribution in [2.75, 3.05) is 0 Å². The molecule has 0 saturated carbocycles. The highest BCUT2D eigenvalue weighted by atomic mass is 32.2. The highest BCUT2D eigenvalue weighted by Crippen LogP contribution is 2.09. The summed E-state index contributed by atoms with van der Waals surface area (Å²) >= 11 is 0. The molecule has 0 unspecified atom stereocenters. The van der Waals surface area contributed by atoms with Gasteiger partial charge in [0.1, 0.15) is 5.69 Å². The Kier molecular flexibility index (Phi) is 5.77. The quantitative estimate of drug-likeness (QED) is 0.503. The third-order valence-corrected chi connectivity index (χ3v) is 4.91. The molecule has 1 N–H and O–H groups in total. The Morgan fingerprint density at radius 1 is 1.11 bits per heavy atom. The zero-order valence-electron chi connectivity index (χ0n) is 14.7. The van der Waals surface area contributed by atoms with Gasteiger partial charge in [-0.25, -0.2) is 9.51 Å². The molecule has 3 rings (SSSR count). The van der Waals surface area contributed by atoms with Crippen LogP contribution in [0.1, 0.15) is 16.8 Å². The highest BCUT2D eigenvalue weighted by Gasteiger charge is 2.11. The van der Waals surface area contributed by atoms with Crippen LogP contribution < -0.4 is 4.83 Å². The SMILES string of the molecule is Cc1ccc(S(=O)(=O)N/N=C\C=C\c2cn(Cc3ccccc3)nn2)cc1. The third kappa shape index (κ3) is 5.35. The number of benzene rings is 2. The maximum absolute atomic E-state index is 12.1. The number of nitrogens with zero attached hydrogens (tertiary/aromatic N) is 4. The molecule has 3 aromatic rings. The molecule has 0 radical (unpaired) electrons. The largest absolute Gasteiger partial charge is 0.276 e. The molecule has 0 bridgehead atoms. The van der Waals surface area contributed by atoms with Crippen LogP contribution in [0.3, 0.4) is 0 Å². The van der Waals surface area contributed by atoms with Crippen molar-refractivity contribution in [3.05, 3.63) is 83.7 Å². The number of sulfonamides is 1. The molecule has 1 heterocycles. The van der Waals surface area contributed by atoms with Crippen LogP contribution in [0, 0.1) is 6.92 Å². The molecule has 1 aromatic heterocycles. The lowest BCUT2D eigenvalue weighted by Gasteiger charge is -2.02. The molecule has 0 aliphatic carbocycles. The number of aromatic nitrogens is 3. The molecule has 0 fully saturated rings. The Morgan fingerprint density at radius 3 is 2.59 bits per heavy atom. The molecule has 0 aliphatic rings. The fourth-order valence-electron chi connectivity index (χ4n) is 2.29. The summed E-state index contributed by atoms with van der Waals surface area (Å²) in [5.74, 6) is 0. The minimum Gasteiger partial charge on any atom is -0.248 e. The standard InChI is InChI=1S/C19H19N5O2S/c1-16-9-11-19(12-10-16)27(25,26)23-20-13-5-8-18-15-24(22-21-18)14-17-6-3-2-4-7-17/h2-13,15,23H,14H2,1H3/b8-5+,20-13-. The van der Waals surface area contributed by atoms with Gasteiger partial charge in [-0.1, -0.05) is 53.2 Å². The number of nitrogens with one attached hydrogen (secondary N) is 1. The summed E-state index contributed by atoms with van der Waals surface area (Å²) in [4.78, 5) is 2.33. The number of aryl methyl sites for hydroxylation is 1. The molecular weight excluding hydrogens is 362 g/mol. The number of hydrogen-bond donors (Lipinski definition) is 1. The van der Waals surface area contributed by atoms with Crippen molar-refractivity contribution < 1.29 is 8.42 Å². The predicted octanol–water partition coefficient (Wildman–Crippen LogP) is 2.61. The molecule has 7 nitrogen and oxygen atoms in total. The van der Waals surface area contributed by atoms with Gasteiger partial charge in [-0.2, -0.15) is 13.5 Å².